The number of nitrogens with two attached hydrogens (primary N) is 2. The summed E-state index contributed by atoms with van der Waals surface area (Å²) in [4.78, 5) is 8.43. The molecule has 10 heteroatoms. The Morgan fingerprint density at radius 2 is 1.96 bits per heavy atom. The van der Waals surface area contributed by atoms with Crippen LogP contribution in [0.4, 0.5) is 11.5 Å². The summed E-state index contributed by atoms with van der Waals surface area (Å²) >= 11 is 0. The van der Waals surface area contributed by atoms with Gasteiger partial charge in [-0.15, -0.1) is 0 Å². The van der Waals surface area contributed by atoms with Crippen molar-refractivity contribution < 1.29 is 8.42 Å². The van der Waals surface area contributed by atoms with Crippen LogP contribution in [0, 0.1) is 0 Å². The van der Waals surface area contributed by atoms with E-state index in [1.54, 1.807) is 29.3 Å². The molecule has 0 aliphatic carbocycles. The molecule has 3 rings (SSSR count). The molecular weight excluding hydrogens is 378 g/mol. The van der Waals surface area contributed by atoms with Crippen molar-refractivity contribution in [3.8, 4) is 16.9 Å². The summed E-state index contributed by atoms with van der Waals surface area (Å²) in [5.74, 6) is 1.12. The van der Waals surface area contributed by atoms with Crippen molar-refractivity contribution in [1.29, 1.82) is 0 Å². The fraction of sp³-hybridized carbons (Fsp3) is 0.278. The summed E-state index contributed by atoms with van der Waals surface area (Å²) in [6, 6.07) is 5.63. The zero-order valence-electron chi connectivity index (χ0n) is 15.7. The SMILES string of the molecule is CC(CCNS(C)(=O)=O)c1ccc(-n2cc(-c3ccnc(N)c3N)cn2)nc1. The van der Waals surface area contributed by atoms with Crippen molar-refractivity contribution >= 4 is 21.5 Å². The Morgan fingerprint density at radius 3 is 2.64 bits per heavy atom. The fourth-order valence-corrected chi connectivity index (χ4v) is 3.27. The zero-order chi connectivity index (χ0) is 20.3. The molecule has 0 aliphatic rings. The first kappa shape index (κ1) is 19.8. The Balaban J connectivity index is 1.72. The number of hydrogen-bond donors (Lipinski definition) is 3. The second kappa shape index (κ2) is 7.95. The van der Waals surface area contributed by atoms with Crippen LogP contribution >= 0.6 is 0 Å². The first-order chi connectivity index (χ1) is 13.2. The van der Waals surface area contributed by atoms with Gasteiger partial charge < -0.3 is 11.5 Å². The van der Waals surface area contributed by atoms with Gasteiger partial charge in [-0.2, -0.15) is 5.10 Å². The van der Waals surface area contributed by atoms with Crippen LogP contribution in [0.25, 0.3) is 16.9 Å². The highest BCUT2D eigenvalue weighted by Crippen LogP contribution is 2.28. The highest BCUT2D eigenvalue weighted by molar-refractivity contribution is 7.88. The molecule has 0 bridgehead atoms. The molecule has 0 radical (unpaired) electrons. The fourth-order valence-electron chi connectivity index (χ4n) is 2.78. The van der Waals surface area contributed by atoms with Crippen LogP contribution in [0.1, 0.15) is 24.8 Å². The zero-order valence-corrected chi connectivity index (χ0v) is 16.5. The Morgan fingerprint density at radius 1 is 1.18 bits per heavy atom. The Hall–Kier alpha value is -2.98. The number of sulfonamides is 1. The molecule has 148 valence electrons. The summed E-state index contributed by atoms with van der Waals surface area (Å²) < 4.78 is 26.4. The number of rotatable bonds is 7. The van der Waals surface area contributed by atoms with E-state index >= 15 is 0 Å². The second-order valence-corrected chi connectivity index (χ2v) is 8.47. The second-order valence-electron chi connectivity index (χ2n) is 6.64. The van der Waals surface area contributed by atoms with Gasteiger partial charge in [-0.1, -0.05) is 13.0 Å². The third kappa shape index (κ3) is 4.65. The molecule has 0 saturated heterocycles. The van der Waals surface area contributed by atoms with E-state index in [9.17, 15) is 8.42 Å². The van der Waals surface area contributed by atoms with E-state index in [2.05, 4.69) is 19.8 Å². The molecule has 1 atom stereocenters. The molecule has 0 spiro atoms. The van der Waals surface area contributed by atoms with Gasteiger partial charge in [0.25, 0.3) is 0 Å². The standard InChI is InChI=1S/C18H23N7O2S/c1-12(5-8-24-28(2,26)27)13-3-4-16(22-9-13)25-11-14(10-23-25)15-6-7-21-18(20)17(15)19/h3-4,6-7,9-12,24H,5,8,19H2,1-2H3,(H2,20,21). The van der Waals surface area contributed by atoms with E-state index in [0.29, 0.717) is 24.5 Å². The summed E-state index contributed by atoms with van der Waals surface area (Å²) in [5, 5.41) is 4.35. The van der Waals surface area contributed by atoms with Crippen LogP contribution in [-0.2, 0) is 10.0 Å². The molecule has 1 unspecified atom stereocenters. The van der Waals surface area contributed by atoms with E-state index in [0.717, 1.165) is 22.9 Å². The van der Waals surface area contributed by atoms with Gasteiger partial charge in [0.05, 0.1) is 18.1 Å². The largest absolute Gasteiger partial charge is 0.395 e. The van der Waals surface area contributed by atoms with Crippen LogP contribution in [-0.4, -0.2) is 41.0 Å². The molecule has 0 aromatic carbocycles. The van der Waals surface area contributed by atoms with Crippen LogP contribution in [0.5, 0.6) is 0 Å². The van der Waals surface area contributed by atoms with Crippen LogP contribution in [0.2, 0.25) is 0 Å². The molecule has 3 heterocycles. The minimum absolute atomic E-state index is 0.170. The first-order valence-electron chi connectivity index (χ1n) is 8.70. The minimum Gasteiger partial charge on any atom is -0.395 e. The maximum atomic E-state index is 11.1. The minimum atomic E-state index is -3.17. The van der Waals surface area contributed by atoms with Gasteiger partial charge in [0, 0.05) is 36.3 Å². The lowest BCUT2D eigenvalue weighted by atomic mass is 10.00. The number of hydrogen-bond acceptors (Lipinski definition) is 7. The highest BCUT2D eigenvalue weighted by Gasteiger charge is 2.11. The number of nitrogens with zero attached hydrogens (tertiary/aromatic N) is 4. The highest BCUT2D eigenvalue weighted by atomic mass is 32.2. The quantitative estimate of drug-likeness (QED) is 0.545. The van der Waals surface area contributed by atoms with E-state index in [1.807, 2.05) is 25.3 Å². The van der Waals surface area contributed by atoms with Crippen LogP contribution < -0.4 is 16.2 Å². The number of pyridine rings is 2. The predicted octanol–water partition coefficient (Wildman–Crippen LogP) is 1.54. The smallest absolute Gasteiger partial charge is 0.208 e. The topological polar surface area (TPSA) is 142 Å². The summed E-state index contributed by atoms with van der Waals surface area (Å²) in [5.41, 5.74) is 14.8. The van der Waals surface area contributed by atoms with Gasteiger partial charge >= 0.3 is 0 Å². The van der Waals surface area contributed by atoms with E-state index < -0.39 is 10.0 Å². The molecule has 0 aliphatic heterocycles. The maximum Gasteiger partial charge on any atom is 0.208 e. The van der Waals surface area contributed by atoms with Crippen molar-refractivity contribution in [3.05, 3.63) is 48.5 Å². The van der Waals surface area contributed by atoms with Gasteiger partial charge in [0.2, 0.25) is 10.0 Å². The lowest BCUT2D eigenvalue weighted by Gasteiger charge is -2.12. The molecule has 0 saturated carbocycles. The molecule has 5 N–H and O–H groups in total. The lowest BCUT2D eigenvalue weighted by Crippen LogP contribution is -2.23. The number of nitrogens with one attached hydrogen (secondary N) is 1. The summed E-state index contributed by atoms with van der Waals surface area (Å²) in [6.07, 6.45) is 8.74. The predicted molar refractivity (Wildman–Crippen MR) is 109 cm³/mol. The Kier molecular flexibility index (Phi) is 5.61. The molecular formula is C18H23N7O2S. The van der Waals surface area contributed by atoms with E-state index in [4.69, 9.17) is 11.5 Å². The van der Waals surface area contributed by atoms with Crippen molar-refractivity contribution in [2.45, 2.75) is 19.3 Å². The molecule has 9 nitrogen and oxygen atoms in total. The van der Waals surface area contributed by atoms with Gasteiger partial charge in [-0.3, -0.25) is 0 Å². The summed E-state index contributed by atoms with van der Waals surface area (Å²) in [6.45, 7) is 2.42. The van der Waals surface area contributed by atoms with Gasteiger partial charge in [0.1, 0.15) is 5.82 Å². The number of nitrogen functional groups attached to an aromatic ring is 2. The molecule has 3 aromatic rings. The molecule has 0 amide bonds. The van der Waals surface area contributed by atoms with Gasteiger partial charge in [0.15, 0.2) is 5.82 Å². The van der Waals surface area contributed by atoms with Gasteiger partial charge in [-0.25, -0.2) is 27.8 Å². The van der Waals surface area contributed by atoms with E-state index in [1.165, 1.54) is 0 Å². The number of anilines is 2. The van der Waals surface area contributed by atoms with Crippen molar-refractivity contribution in [3.63, 3.8) is 0 Å². The average molecular weight is 401 g/mol. The van der Waals surface area contributed by atoms with Crippen LogP contribution in [0.3, 0.4) is 0 Å². The third-order valence-electron chi connectivity index (χ3n) is 4.43. The third-order valence-corrected chi connectivity index (χ3v) is 5.16. The Labute approximate surface area is 163 Å². The van der Waals surface area contributed by atoms with Gasteiger partial charge in [-0.05, 0) is 30.0 Å². The van der Waals surface area contributed by atoms with Crippen LogP contribution in [0.15, 0.2) is 43.0 Å². The maximum absolute atomic E-state index is 11.1. The van der Waals surface area contributed by atoms with Crippen molar-refractivity contribution in [1.82, 2.24) is 24.5 Å². The molecule has 28 heavy (non-hydrogen) atoms. The normalized spacial score (nSPS) is 12.8. The average Bonchev–Trinajstić information content (AvgIpc) is 3.13. The monoisotopic (exact) mass is 401 g/mol. The lowest BCUT2D eigenvalue weighted by molar-refractivity contribution is 0.578. The first-order valence-corrected chi connectivity index (χ1v) is 10.6. The Bertz CT molecular complexity index is 1060. The van der Waals surface area contributed by atoms with Crippen molar-refractivity contribution in [2.24, 2.45) is 0 Å². The molecule has 3 aromatic heterocycles. The molecule has 0 fully saturated rings. The summed E-state index contributed by atoms with van der Waals surface area (Å²) in [7, 11) is -3.17. The van der Waals surface area contributed by atoms with E-state index in [-0.39, 0.29) is 11.7 Å². The number of aromatic nitrogens is 4. The van der Waals surface area contributed by atoms with Crippen molar-refractivity contribution in [2.75, 3.05) is 24.3 Å².